The summed E-state index contributed by atoms with van der Waals surface area (Å²) in [6.07, 6.45) is -0.822. The standard InChI is InChI=1S/C17H18N4O7S/c1-3-28-17(23)19-18-16(22)12-5-7-13(8-6-12)20-29(26,27)14-9-4-11(2)15(10-14)21(24)25/h4-10,20H,3H2,1-2H3,(H,18,22)(H,19,23). The molecule has 0 spiro atoms. The number of nitro groups is 1. The third-order valence-corrected chi connectivity index (χ3v) is 5.02. The van der Waals surface area contributed by atoms with Crippen LogP contribution in [0.3, 0.4) is 0 Å². The Balaban J connectivity index is 2.10. The van der Waals surface area contributed by atoms with E-state index in [9.17, 15) is 28.1 Å². The summed E-state index contributed by atoms with van der Waals surface area (Å²) in [5.74, 6) is -0.637. The van der Waals surface area contributed by atoms with E-state index >= 15 is 0 Å². The maximum atomic E-state index is 12.5. The van der Waals surface area contributed by atoms with E-state index in [0.29, 0.717) is 5.56 Å². The van der Waals surface area contributed by atoms with Gasteiger partial charge in [0.1, 0.15) is 0 Å². The molecule has 0 aromatic heterocycles. The van der Waals surface area contributed by atoms with E-state index in [4.69, 9.17) is 0 Å². The highest BCUT2D eigenvalue weighted by Crippen LogP contribution is 2.24. The summed E-state index contributed by atoms with van der Waals surface area (Å²) < 4.78 is 31.8. The minimum Gasteiger partial charge on any atom is -0.449 e. The van der Waals surface area contributed by atoms with E-state index in [1.807, 2.05) is 5.43 Å². The molecule has 0 heterocycles. The minimum atomic E-state index is -4.08. The number of hydrazine groups is 1. The van der Waals surface area contributed by atoms with Crippen LogP contribution in [0.2, 0.25) is 0 Å². The van der Waals surface area contributed by atoms with Crippen molar-refractivity contribution >= 4 is 33.4 Å². The van der Waals surface area contributed by atoms with Crippen LogP contribution in [-0.4, -0.2) is 31.9 Å². The molecule has 0 aliphatic rings. The Morgan fingerprint density at radius 1 is 1.10 bits per heavy atom. The molecular weight excluding hydrogens is 404 g/mol. The molecule has 2 aromatic carbocycles. The summed E-state index contributed by atoms with van der Waals surface area (Å²) in [5, 5.41) is 11.0. The number of carbonyl (C=O) groups excluding carboxylic acids is 2. The van der Waals surface area contributed by atoms with Crippen molar-refractivity contribution in [3.8, 4) is 0 Å². The van der Waals surface area contributed by atoms with E-state index < -0.39 is 26.9 Å². The molecular formula is C17H18N4O7S. The lowest BCUT2D eigenvalue weighted by atomic mass is 10.2. The molecule has 2 rings (SSSR count). The molecule has 2 aromatic rings. The fraction of sp³-hybridized carbons (Fsp3) is 0.176. The average Bonchev–Trinajstić information content (AvgIpc) is 2.66. The molecule has 12 heteroatoms. The molecule has 0 saturated heterocycles. The average molecular weight is 422 g/mol. The number of rotatable bonds is 6. The summed E-state index contributed by atoms with van der Waals surface area (Å²) in [7, 11) is -4.08. The number of nitrogens with zero attached hydrogens (tertiary/aromatic N) is 1. The van der Waals surface area contributed by atoms with Crippen LogP contribution in [0, 0.1) is 17.0 Å². The third kappa shape index (κ3) is 5.65. The van der Waals surface area contributed by atoms with E-state index in [2.05, 4.69) is 14.9 Å². The molecule has 0 unspecified atom stereocenters. The molecule has 0 radical (unpaired) electrons. The molecule has 0 atom stereocenters. The van der Waals surface area contributed by atoms with Crippen LogP contribution in [0.25, 0.3) is 0 Å². The number of nitrogens with one attached hydrogen (secondary N) is 3. The third-order valence-electron chi connectivity index (χ3n) is 3.64. The van der Waals surface area contributed by atoms with Crippen molar-refractivity contribution in [1.82, 2.24) is 10.9 Å². The predicted octanol–water partition coefficient (Wildman–Crippen LogP) is 2.09. The van der Waals surface area contributed by atoms with Crippen molar-refractivity contribution in [2.45, 2.75) is 18.7 Å². The smallest absolute Gasteiger partial charge is 0.426 e. The lowest BCUT2D eigenvalue weighted by molar-refractivity contribution is -0.385. The van der Waals surface area contributed by atoms with Crippen LogP contribution in [0.1, 0.15) is 22.8 Å². The first-order valence-electron chi connectivity index (χ1n) is 8.25. The summed E-state index contributed by atoms with van der Waals surface area (Å²) in [6, 6.07) is 8.90. The number of aryl methyl sites for hydroxylation is 1. The zero-order valence-corrected chi connectivity index (χ0v) is 16.3. The zero-order chi connectivity index (χ0) is 21.6. The summed E-state index contributed by atoms with van der Waals surface area (Å²) in [4.78, 5) is 33.1. The molecule has 0 aliphatic heterocycles. The van der Waals surface area contributed by atoms with Gasteiger partial charge in [0.25, 0.3) is 21.6 Å². The van der Waals surface area contributed by atoms with Crippen LogP contribution in [0.4, 0.5) is 16.2 Å². The Hall–Kier alpha value is -3.67. The molecule has 154 valence electrons. The highest BCUT2D eigenvalue weighted by atomic mass is 32.2. The van der Waals surface area contributed by atoms with Gasteiger partial charge in [0, 0.05) is 22.9 Å². The van der Waals surface area contributed by atoms with Crippen LogP contribution >= 0.6 is 0 Å². The molecule has 0 fully saturated rings. The van der Waals surface area contributed by atoms with Crippen LogP contribution in [-0.2, 0) is 14.8 Å². The first-order valence-corrected chi connectivity index (χ1v) is 9.73. The van der Waals surface area contributed by atoms with Crippen molar-refractivity contribution in [3.63, 3.8) is 0 Å². The first kappa shape index (κ1) is 21.6. The monoisotopic (exact) mass is 422 g/mol. The summed E-state index contributed by atoms with van der Waals surface area (Å²) in [5.41, 5.74) is 4.49. The van der Waals surface area contributed by atoms with E-state index in [-0.39, 0.29) is 28.4 Å². The van der Waals surface area contributed by atoms with E-state index in [0.717, 1.165) is 6.07 Å². The molecule has 3 N–H and O–H groups in total. The summed E-state index contributed by atoms with van der Waals surface area (Å²) in [6.45, 7) is 3.25. The fourth-order valence-electron chi connectivity index (χ4n) is 2.20. The molecule has 2 amide bonds. The molecule has 0 aliphatic carbocycles. The topological polar surface area (TPSA) is 157 Å². The van der Waals surface area contributed by atoms with Crippen LogP contribution < -0.4 is 15.6 Å². The van der Waals surface area contributed by atoms with Gasteiger partial charge in [-0.05, 0) is 44.2 Å². The zero-order valence-electron chi connectivity index (χ0n) is 15.5. The number of benzene rings is 2. The van der Waals surface area contributed by atoms with E-state index in [1.165, 1.54) is 43.3 Å². The summed E-state index contributed by atoms with van der Waals surface area (Å²) >= 11 is 0. The number of hydrogen-bond donors (Lipinski definition) is 3. The minimum absolute atomic E-state index is 0.140. The number of hydrogen-bond acceptors (Lipinski definition) is 7. The second kappa shape index (κ2) is 9.01. The van der Waals surface area contributed by atoms with Crippen molar-refractivity contribution in [1.29, 1.82) is 0 Å². The SMILES string of the molecule is CCOC(=O)NNC(=O)c1ccc(NS(=O)(=O)c2ccc(C)c([N+](=O)[O-])c2)cc1. The van der Waals surface area contributed by atoms with Gasteiger partial charge in [-0.2, -0.15) is 0 Å². The first-order chi connectivity index (χ1) is 13.6. The second-order valence-electron chi connectivity index (χ2n) is 5.69. The lowest BCUT2D eigenvalue weighted by Gasteiger charge is -2.10. The van der Waals surface area contributed by atoms with Crippen molar-refractivity contribution in [3.05, 3.63) is 63.7 Å². The normalized spacial score (nSPS) is 10.7. The van der Waals surface area contributed by atoms with Crippen molar-refractivity contribution < 1.29 is 27.7 Å². The number of nitro benzene ring substituents is 1. The molecule has 0 saturated carbocycles. The van der Waals surface area contributed by atoms with Gasteiger partial charge < -0.3 is 4.74 Å². The number of sulfonamides is 1. The maximum Gasteiger partial charge on any atom is 0.426 e. The Kier molecular flexibility index (Phi) is 6.72. The maximum absolute atomic E-state index is 12.5. The van der Waals surface area contributed by atoms with Crippen LogP contribution in [0.5, 0.6) is 0 Å². The van der Waals surface area contributed by atoms with Gasteiger partial charge in [0.05, 0.1) is 16.4 Å². The lowest BCUT2D eigenvalue weighted by Crippen LogP contribution is -2.41. The van der Waals surface area contributed by atoms with Gasteiger partial charge in [-0.15, -0.1) is 0 Å². The molecule has 0 bridgehead atoms. The van der Waals surface area contributed by atoms with E-state index in [1.54, 1.807) is 6.92 Å². The largest absolute Gasteiger partial charge is 0.449 e. The quantitative estimate of drug-likeness (QED) is 0.475. The van der Waals surface area contributed by atoms with Gasteiger partial charge in [0.15, 0.2) is 0 Å². The van der Waals surface area contributed by atoms with Gasteiger partial charge in [-0.25, -0.2) is 18.6 Å². The van der Waals surface area contributed by atoms with Gasteiger partial charge >= 0.3 is 6.09 Å². The fourth-order valence-corrected chi connectivity index (χ4v) is 3.28. The van der Waals surface area contributed by atoms with Gasteiger partial charge in [-0.1, -0.05) is 6.07 Å². The number of amides is 2. The Bertz CT molecular complexity index is 1040. The number of ether oxygens (including phenoxy) is 1. The highest BCUT2D eigenvalue weighted by Gasteiger charge is 2.20. The second-order valence-corrected chi connectivity index (χ2v) is 7.37. The Labute approximate surface area is 166 Å². The Morgan fingerprint density at radius 2 is 1.76 bits per heavy atom. The molecule has 29 heavy (non-hydrogen) atoms. The van der Waals surface area contributed by atoms with Crippen LogP contribution in [0.15, 0.2) is 47.4 Å². The van der Waals surface area contributed by atoms with Gasteiger partial charge in [0.2, 0.25) is 0 Å². The number of anilines is 1. The predicted molar refractivity (Wildman–Crippen MR) is 103 cm³/mol. The molecule has 11 nitrogen and oxygen atoms in total. The van der Waals surface area contributed by atoms with Gasteiger partial charge in [-0.3, -0.25) is 25.1 Å². The van der Waals surface area contributed by atoms with Crippen molar-refractivity contribution in [2.24, 2.45) is 0 Å². The number of carbonyl (C=O) groups is 2. The van der Waals surface area contributed by atoms with Crippen molar-refractivity contribution in [2.75, 3.05) is 11.3 Å². The Morgan fingerprint density at radius 3 is 2.34 bits per heavy atom. The highest BCUT2D eigenvalue weighted by molar-refractivity contribution is 7.92.